The molecule has 0 aromatic heterocycles. The van der Waals surface area contributed by atoms with E-state index in [4.69, 9.17) is 10.9 Å². The van der Waals surface area contributed by atoms with Crippen LogP contribution in [-0.4, -0.2) is 41.5 Å². The highest BCUT2D eigenvalue weighted by atomic mass is 19.4. The van der Waals surface area contributed by atoms with Gasteiger partial charge in [-0.1, -0.05) is 31.8 Å². The van der Waals surface area contributed by atoms with Gasteiger partial charge in [0.2, 0.25) is 0 Å². The summed E-state index contributed by atoms with van der Waals surface area (Å²) in [6, 6.07) is 0. The molecule has 2 unspecified atom stereocenters. The average molecular weight is 285 g/mol. The summed E-state index contributed by atoms with van der Waals surface area (Å²) in [5, 5.41) is 23.0. The lowest BCUT2D eigenvalue weighted by Gasteiger charge is -2.23. The topological polar surface area (TPSA) is 90.9 Å². The summed E-state index contributed by atoms with van der Waals surface area (Å²) in [4.78, 5) is 0. The SMILES string of the molecule is CCC(CC)C(O)CNCC(C(N)=NO)C(F)(F)F. The summed E-state index contributed by atoms with van der Waals surface area (Å²) in [6.45, 7) is 3.33. The van der Waals surface area contributed by atoms with E-state index in [9.17, 15) is 18.3 Å². The summed E-state index contributed by atoms with van der Waals surface area (Å²) in [6.07, 6.45) is -3.80. The van der Waals surface area contributed by atoms with Crippen molar-refractivity contribution < 1.29 is 23.5 Å². The Kier molecular flexibility index (Phi) is 7.77. The summed E-state index contributed by atoms with van der Waals surface area (Å²) >= 11 is 0. The molecule has 0 aliphatic rings. The van der Waals surface area contributed by atoms with Crippen LogP contribution in [0.5, 0.6) is 0 Å². The zero-order valence-electron chi connectivity index (χ0n) is 11.1. The molecule has 19 heavy (non-hydrogen) atoms. The minimum Gasteiger partial charge on any atom is -0.409 e. The largest absolute Gasteiger partial charge is 0.409 e. The maximum absolute atomic E-state index is 12.6. The average Bonchev–Trinajstić information content (AvgIpc) is 2.33. The Bertz CT molecular complexity index is 281. The number of amidine groups is 1. The second kappa shape index (κ2) is 8.21. The first-order chi connectivity index (χ1) is 8.77. The lowest BCUT2D eigenvalue weighted by Crippen LogP contribution is -2.45. The zero-order chi connectivity index (χ0) is 15.1. The predicted octanol–water partition coefficient (Wildman–Crippen LogP) is 1.30. The van der Waals surface area contributed by atoms with Crippen LogP contribution in [-0.2, 0) is 0 Å². The first-order valence-electron chi connectivity index (χ1n) is 6.20. The van der Waals surface area contributed by atoms with Crippen LogP contribution in [0.4, 0.5) is 13.2 Å². The van der Waals surface area contributed by atoms with Crippen LogP contribution in [0.25, 0.3) is 0 Å². The van der Waals surface area contributed by atoms with Gasteiger partial charge in [-0.3, -0.25) is 0 Å². The monoisotopic (exact) mass is 285 g/mol. The first-order valence-corrected chi connectivity index (χ1v) is 6.20. The molecule has 0 saturated heterocycles. The molecule has 0 saturated carbocycles. The number of nitrogens with one attached hydrogen (secondary N) is 1. The number of rotatable bonds is 8. The molecule has 0 aliphatic heterocycles. The Hall–Kier alpha value is -1.02. The number of nitrogens with zero attached hydrogens (tertiary/aromatic N) is 1. The molecule has 0 spiro atoms. The standard InChI is InChI=1S/C11H22F3N3O2/c1-3-7(4-2)9(18)6-16-5-8(10(15)17-19)11(12,13)14/h7-9,16,18-19H,3-6H2,1-2H3,(H2,15,17). The summed E-state index contributed by atoms with van der Waals surface area (Å²) in [5.74, 6) is -2.91. The highest BCUT2D eigenvalue weighted by Crippen LogP contribution is 2.25. The highest BCUT2D eigenvalue weighted by Gasteiger charge is 2.42. The molecule has 0 aliphatic carbocycles. The Morgan fingerprint density at radius 1 is 1.26 bits per heavy atom. The van der Waals surface area contributed by atoms with Crippen LogP contribution in [0.3, 0.4) is 0 Å². The molecule has 0 rings (SSSR count). The fourth-order valence-electron chi connectivity index (χ4n) is 1.83. The van der Waals surface area contributed by atoms with E-state index >= 15 is 0 Å². The van der Waals surface area contributed by atoms with E-state index in [-0.39, 0.29) is 12.5 Å². The molecule has 0 heterocycles. The van der Waals surface area contributed by atoms with E-state index in [2.05, 4.69) is 10.5 Å². The van der Waals surface area contributed by atoms with Crippen LogP contribution in [0.15, 0.2) is 5.16 Å². The number of alkyl halides is 3. The Morgan fingerprint density at radius 3 is 2.16 bits per heavy atom. The normalized spacial score (nSPS) is 16.7. The van der Waals surface area contributed by atoms with Crippen molar-refractivity contribution in [2.75, 3.05) is 13.1 Å². The Labute approximate surface area is 110 Å². The van der Waals surface area contributed by atoms with Gasteiger partial charge in [0.1, 0.15) is 5.92 Å². The third-order valence-corrected chi connectivity index (χ3v) is 3.16. The molecule has 8 heteroatoms. The van der Waals surface area contributed by atoms with Crippen LogP contribution in [0.1, 0.15) is 26.7 Å². The molecule has 5 N–H and O–H groups in total. The number of hydrogen-bond donors (Lipinski definition) is 4. The summed E-state index contributed by atoms with van der Waals surface area (Å²) < 4.78 is 37.8. The number of hydrogen-bond acceptors (Lipinski definition) is 4. The first kappa shape index (κ1) is 18.0. The second-order valence-corrected chi connectivity index (χ2v) is 4.42. The second-order valence-electron chi connectivity index (χ2n) is 4.42. The van der Waals surface area contributed by atoms with E-state index in [1.807, 2.05) is 13.8 Å². The van der Waals surface area contributed by atoms with Crippen molar-refractivity contribution >= 4 is 5.84 Å². The minimum absolute atomic E-state index is 0.0393. The van der Waals surface area contributed by atoms with Crippen molar-refractivity contribution in [2.24, 2.45) is 22.7 Å². The van der Waals surface area contributed by atoms with E-state index in [0.29, 0.717) is 0 Å². The number of aliphatic hydroxyl groups excluding tert-OH is 1. The van der Waals surface area contributed by atoms with Crippen LogP contribution in [0.2, 0.25) is 0 Å². The summed E-state index contributed by atoms with van der Waals surface area (Å²) in [5.41, 5.74) is 5.01. The van der Waals surface area contributed by atoms with E-state index in [1.54, 1.807) is 0 Å². The van der Waals surface area contributed by atoms with E-state index in [0.717, 1.165) is 12.8 Å². The van der Waals surface area contributed by atoms with E-state index in [1.165, 1.54) is 0 Å². The molecule has 0 bridgehead atoms. The summed E-state index contributed by atoms with van der Waals surface area (Å²) in [7, 11) is 0. The fourth-order valence-corrected chi connectivity index (χ4v) is 1.83. The quantitative estimate of drug-likeness (QED) is 0.234. The van der Waals surface area contributed by atoms with Gasteiger partial charge < -0.3 is 21.4 Å². The van der Waals surface area contributed by atoms with Gasteiger partial charge in [0.15, 0.2) is 5.84 Å². The van der Waals surface area contributed by atoms with Crippen LogP contribution in [0, 0.1) is 11.8 Å². The van der Waals surface area contributed by atoms with Gasteiger partial charge in [0, 0.05) is 13.1 Å². The van der Waals surface area contributed by atoms with Crippen LogP contribution >= 0.6 is 0 Å². The van der Waals surface area contributed by atoms with Gasteiger partial charge in [-0.2, -0.15) is 13.2 Å². The molecule has 114 valence electrons. The molecule has 0 aromatic carbocycles. The lowest BCUT2D eigenvalue weighted by atomic mass is 9.96. The van der Waals surface area contributed by atoms with Crippen molar-refractivity contribution in [1.29, 1.82) is 0 Å². The maximum atomic E-state index is 12.6. The molecule has 2 atom stereocenters. The Morgan fingerprint density at radius 2 is 1.79 bits per heavy atom. The van der Waals surface area contributed by atoms with Gasteiger partial charge in [-0.05, 0) is 5.92 Å². The minimum atomic E-state index is -4.59. The van der Waals surface area contributed by atoms with Crippen molar-refractivity contribution in [3.63, 3.8) is 0 Å². The van der Waals surface area contributed by atoms with Crippen molar-refractivity contribution in [2.45, 2.75) is 39.0 Å². The maximum Gasteiger partial charge on any atom is 0.400 e. The third-order valence-electron chi connectivity index (χ3n) is 3.16. The Balaban J connectivity index is 4.36. The van der Waals surface area contributed by atoms with Crippen molar-refractivity contribution in [3.05, 3.63) is 0 Å². The van der Waals surface area contributed by atoms with Gasteiger partial charge in [0.25, 0.3) is 0 Å². The van der Waals surface area contributed by atoms with Gasteiger partial charge in [-0.15, -0.1) is 0 Å². The van der Waals surface area contributed by atoms with Gasteiger partial charge in [0.05, 0.1) is 6.10 Å². The number of oxime groups is 1. The molecular weight excluding hydrogens is 263 g/mol. The molecular formula is C11H22F3N3O2. The number of nitrogens with two attached hydrogens (primary N) is 1. The highest BCUT2D eigenvalue weighted by molar-refractivity contribution is 5.83. The smallest absolute Gasteiger partial charge is 0.400 e. The van der Waals surface area contributed by atoms with Gasteiger partial charge >= 0.3 is 6.18 Å². The molecule has 5 nitrogen and oxygen atoms in total. The van der Waals surface area contributed by atoms with Gasteiger partial charge in [-0.25, -0.2) is 0 Å². The van der Waals surface area contributed by atoms with Crippen LogP contribution < -0.4 is 11.1 Å². The predicted molar refractivity (Wildman–Crippen MR) is 65.9 cm³/mol. The third kappa shape index (κ3) is 6.11. The fraction of sp³-hybridized carbons (Fsp3) is 0.909. The lowest BCUT2D eigenvalue weighted by molar-refractivity contribution is -0.155. The molecule has 0 amide bonds. The zero-order valence-corrected chi connectivity index (χ0v) is 11.1. The molecule has 0 fully saturated rings. The number of halogens is 3. The number of aliphatic hydroxyl groups is 1. The van der Waals surface area contributed by atoms with Crippen molar-refractivity contribution in [3.8, 4) is 0 Å². The van der Waals surface area contributed by atoms with Crippen molar-refractivity contribution in [1.82, 2.24) is 5.32 Å². The molecule has 0 aromatic rings. The molecule has 0 radical (unpaired) electrons. The van der Waals surface area contributed by atoms with E-state index < -0.39 is 30.6 Å².